The fraction of sp³-hybridized carbons (Fsp3) is 0.235. The zero-order valence-electron chi connectivity index (χ0n) is 13.0. The molecule has 4 rings (SSSR count). The lowest BCUT2D eigenvalue weighted by Gasteiger charge is -2.27. The third-order valence-electron chi connectivity index (χ3n) is 4.07. The van der Waals surface area contributed by atoms with E-state index in [4.69, 9.17) is 27.7 Å². The molecule has 5 nitrogen and oxygen atoms in total. The Labute approximate surface area is 149 Å². The minimum Gasteiger partial charge on any atom is -0.356 e. The number of fused-ring (bicyclic) bond motifs is 1. The first kappa shape index (κ1) is 15.4. The van der Waals surface area contributed by atoms with Crippen molar-refractivity contribution in [3.05, 3.63) is 57.6 Å². The van der Waals surface area contributed by atoms with Crippen molar-refractivity contribution in [2.24, 2.45) is 0 Å². The van der Waals surface area contributed by atoms with E-state index in [9.17, 15) is 0 Å². The summed E-state index contributed by atoms with van der Waals surface area (Å²) in [4.78, 5) is 10.7. The molecule has 3 heterocycles. The zero-order chi connectivity index (χ0) is 16.7. The van der Waals surface area contributed by atoms with Crippen LogP contribution in [0.4, 0.5) is 5.82 Å². The minimum atomic E-state index is 0.449. The molecular weight excluding hydrogens is 347 g/mol. The van der Waals surface area contributed by atoms with Crippen LogP contribution in [0, 0.1) is 6.92 Å². The van der Waals surface area contributed by atoms with Crippen molar-refractivity contribution in [3.8, 4) is 11.3 Å². The molecule has 3 aromatic rings. The van der Waals surface area contributed by atoms with Gasteiger partial charge in [-0.1, -0.05) is 28.4 Å². The Morgan fingerprint density at radius 3 is 2.67 bits per heavy atom. The van der Waals surface area contributed by atoms with E-state index >= 15 is 0 Å². The molecule has 0 amide bonds. The lowest BCUT2D eigenvalue weighted by Crippen LogP contribution is -2.31. The molecule has 0 N–H and O–H groups in total. The Morgan fingerprint density at radius 2 is 1.92 bits per heavy atom. The lowest BCUT2D eigenvalue weighted by molar-refractivity contribution is 0.423. The molecule has 2 aromatic heterocycles. The first-order valence-corrected chi connectivity index (χ1v) is 8.35. The van der Waals surface area contributed by atoms with Gasteiger partial charge in [-0.15, -0.1) is 0 Å². The molecular formula is C17H14Cl2N4O. The molecule has 122 valence electrons. The Bertz CT molecular complexity index is 872. The average Bonchev–Trinajstić information content (AvgIpc) is 2.98. The molecule has 7 heteroatoms. The summed E-state index contributed by atoms with van der Waals surface area (Å²) in [5.74, 6) is 2.29. The highest BCUT2D eigenvalue weighted by Crippen LogP contribution is 2.32. The molecule has 0 unspecified atom stereocenters. The molecule has 0 fully saturated rings. The Hall–Kier alpha value is -2.11. The minimum absolute atomic E-state index is 0.449. The van der Waals surface area contributed by atoms with Gasteiger partial charge in [0.2, 0.25) is 0 Å². The van der Waals surface area contributed by atoms with Crippen LogP contribution in [0.15, 0.2) is 34.9 Å². The number of nitrogens with zero attached hydrogens (tertiary/aromatic N) is 4. The van der Waals surface area contributed by atoms with Gasteiger partial charge in [0.15, 0.2) is 5.76 Å². The topological polar surface area (TPSA) is 55.1 Å². The van der Waals surface area contributed by atoms with Crippen molar-refractivity contribution in [2.75, 3.05) is 11.4 Å². The maximum Gasteiger partial charge on any atom is 0.170 e. The van der Waals surface area contributed by atoms with Crippen LogP contribution in [-0.4, -0.2) is 21.7 Å². The van der Waals surface area contributed by atoms with Gasteiger partial charge in [-0.2, -0.15) is 0 Å². The molecule has 0 aliphatic carbocycles. The standard InChI is InChI=1S/C17H14Cl2N4O/c1-10-20-15(19)8-16(21-10)23-7-6-13-14(9-23)22-24-17(13)11-2-4-12(18)5-3-11/h2-5,8H,6-7,9H2,1H3. The predicted molar refractivity (Wildman–Crippen MR) is 93.5 cm³/mol. The summed E-state index contributed by atoms with van der Waals surface area (Å²) < 4.78 is 5.60. The van der Waals surface area contributed by atoms with E-state index in [1.807, 2.05) is 31.2 Å². The van der Waals surface area contributed by atoms with Crippen LogP contribution in [0.25, 0.3) is 11.3 Å². The number of anilines is 1. The number of benzene rings is 1. The van der Waals surface area contributed by atoms with E-state index in [1.165, 1.54) is 0 Å². The van der Waals surface area contributed by atoms with Crippen molar-refractivity contribution in [3.63, 3.8) is 0 Å². The zero-order valence-corrected chi connectivity index (χ0v) is 14.5. The fourth-order valence-corrected chi connectivity index (χ4v) is 3.28. The van der Waals surface area contributed by atoms with Crippen LogP contribution >= 0.6 is 23.2 Å². The third-order valence-corrected chi connectivity index (χ3v) is 4.51. The Kier molecular flexibility index (Phi) is 3.90. The number of rotatable bonds is 2. The molecule has 0 atom stereocenters. The largest absolute Gasteiger partial charge is 0.356 e. The Balaban J connectivity index is 1.64. The van der Waals surface area contributed by atoms with E-state index in [-0.39, 0.29) is 0 Å². The highest BCUT2D eigenvalue weighted by Gasteiger charge is 2.25. The summed E-state index contributed by atoms with van der Waals surface area (Å²) in [6.07, 6.45) is 0.831. The smallest absolute Gasteiger partial charge is 0.170 e. The molecule has 1 aliphatic heterocycles. The van der Waals surface area contributed by atoms with Gasteiger partial charge in [0.1, 0.15) is 22.5 Å². The second-order valence-electron chi connectivity index (χ2n) is 5.71. The van der Waals surface area contributed by atoms with Gasteiger partial charge in [0.05, 0.1) is 6.54 Å². The van der Waals surface area contributed by atoms with Crippen LogP contribution in [0.5, 0.6) is 0 Å². The van der Waals surface area contributed by atoms with Gasteiger partial charge in [-0.3, -0.25) is 0 Å². The molecule has 0 bridgehead atoms. The van der Waals surface area contributed by atoms with Gasteiger partial charge < -0.3 is 9.42 Å². The maximum absolute atomic E-state index is 6.04. The van der Waals surface area contributed by atoms with Crippen LogP contribution in [-0.2, 0) is 13.0 Å². The molecule has 0 saturated heterocycles. The van der Waals surface area contributed by atoms with E-state index in [0.717, 1.165) is 41.4 Å². The van der Waals surface area contributed by atoms with Gasteiger partial charge in [-0.05, 0) is 37.6 Å². The van der Waals surface area contributed by atoms with Gasteiger partial charge in [-0.25, -0.2) is 9.97 Å². The lowest BCUT2D eigenvalue weighted by atomic mass is 10.0. The highest BCUT2D eigenvalue weighted by molar-refractivity contribution is 6.30. The first-order valence-electron chi connectivity index (χ1n) is 7.59. The van der Waals surface area contributed by atoms with Crippen molar-refractivity contribution in [1.82, 2.24) is 15.1 Å². The monoisotopic (exact) mass is 360 g/mol. The van der Waals surface area contributed by atoms with Gasteiger partial charge >= 0.3 is 0 Å². The average molecular weight is 361 g/mol. The highest BCUT2D eigenvalue weighted by atomic mass is 35.5. The number of aromatic nitrogens is 3. The van der Waals surface area contributed by atoms with Crippen LogP contribution in [0.1, 0.15) is 17.1 Å². The first-order chi connectivity index (χ1) is 11.6. The van der Waals surface area contributed by atoms with Crippen LogP contribution in [0.2, 0.25) is 10.2 Å². The molecule has 1 aromatic carbocycles. The van der Waals surface area contributed by atoms with Crippen molar-refractivity contribution >= 4 is 29.0 Å². The quantitative estimate of drug-likeness (QED) is 0.637. The van der Waals surface area contributed by atoms with Gasteiger partial charge in [0.25, 0.3) is 0 Å². The second kappa shape index (κ2) is 6.07. The van der Waals surface area contributed by atoms with E-state index < -0.39 is 0 Å². The second-order valence-corrected chi connectivity index (χ2v) is 6.54. The summed E-state index contributed by atoms with van der Waals surface area (Å²) in [6, 6.07) is 9.38. The summed E-state index contributed by atoms with van der Waals surface area (Å²) in [6.45, 7) is 3.29. The molecule has 0 spiro atoms. The fourth-order valence-electron chi connectivity index (χ4n) is 2.93. The van der Waals surface area contributed by atoms with Gasteiger partial charge in [0, 0.05) is 28.8 Å². The number of hydrogen-bond acceptors (Lipinski definition) is 5. The van der Waals surface area contributed by atoms with Crippen LogP contribution < -0.4 is 4.90 Å². The molecule has 0 radical (unpaired) electrons. The van der Waals surface area contributed by atoms with Crippen molar-refractivity contribution in [1.29, 1.82) is 0 Å². The molecule has 0 saturated carbocycles. The number of hydrogen-bond donors (Lipinski definition) is 0. The number of aryl methyl sites for hydroxylation is 1. The van der Waals surface area contributed by atoms with E-state index in [1.54, 1.807) is 6.07 Å². The summed E-state index contributed by atoms with van der Waals surface area (Å²) >= 11 is 12.0. The normalized spacial score (nSPS) is 13.9. The maximum atomic E-state index is 6.04. The summed E-state index contributed by atoms with van der Waals surface area (Å²) in [5, 5.41) is 5.40. The van der Waals surface area contributed by atoms with E-state index in [0.29, 0.717) is 22.5 Å². The predicted octanol–water partition coefficient (Wildman–Crippen LogP) is 4.31. The SMILES string of the molecule is Cc1nc(Cl)cc(N2CCc3c(noc3-c3ccc(Cl)cc3)C2)n1. The molecule has 1 aliphatic rings. The van der Waals surface area contributed by atoms with Crippen LogP contribution in [0.3, 0.4) is 0 Å². The third kappa shape index (κ3) is 2.85. The van der Waals surface area contributed by atoms with Crippen molar-refractivity contribution in [2.45, 2.75) is 19.9 Å². The van der Waals surface area contributed by atoms with Crippen molar-refractivity contribution < 1.29 is 4.52 Å². The Morgan fingerprint density at radius 1 is 1.12 bits per heavy atom. The number of halogens is 2. The molecule has 24 heavy (non-hydrogen) atoms. The summed E-state index contributed by atoms with van der Waals surface area (Å²) in [5.41, 5.74) is 3.06. The van der Waals surface area contributed by atoms with E-state index in [2.05, 4.69) is 20.0 Å². The summed E-state index contributed by atoms with van der Waals surface area (Å²) in [7, 11) is 0.